The highest BCUT2D eigenvalue weighted by atomic mass is 32.2. The molecule has 11 amide bonds. The first-order chi connectivity index (χ1) is 43.0. The fourth-order valence-electron chi connectivity index (χ4n) is 10.5. The van der Waals surface area contributed by atoms with Gasteiger partial charge in [-0.15, -0.1) is 0 Å². The average molecular weight is 1270 g/mol. The highest BCUT2D eigenvalue weighted by Gasteiger charge is 2.40. The number of amides is 11. The maximum atomic E-state index is 15.0. The van der Waals surface area contributed by atoms with Crippen LogP contribution in [0.4, 0.5) is 0 Å². The van der Waals surface area contributed by atoms with E-state index in [1.54, 1.807) is 74.8 Å². The van der Waals surface area contributed by atoms with Gasteiger partial charge in [0.1, 0.15) is 60.1 Å². The third-order valence-electron chi connectivity index (χ3n) is 15.2. The van der Waals surface area contributed by atoms with Crippen molar-refractivity contribution in [1.29, 1.82) is 0 Å². The lowest BCUT2D eigenvalue weighted by Gasteiger charge is -2.30. The van der Waals surface area contributed by atoms with Crippen LogP contribution in [0.15, 0.2) is 90.1 Å². The zero-order valence-electron chi connectivity index (χ0n) is 50.6. The van der Waals surface area contributed by atoms with Gasteiger partial charge < -0.3 is 85.1 Å². The first-order valence-corrected chi connectivity index (χ1v) is 31.2. The van der Waals surface area contributed by atoms with Gasteiger partial charge in [-0.05, 0) is 97.8 Å². The molecular formula is C61H83N15O13S. The summed E-state index contributed by atoms with van der Waals surface area (Å²) in [6.07, 6.45) is 4.33. The first-order valence-electron chi connectivity index (χ1n) is 29.8. The number of nitrogens with one attached hydrogen (secondary N) is 10. The predicted molar refractivity (Wildman–Crippen MR) is 335 cm³/mol. The molecule has 0 bridgehead atoms. The number of carbonyl (C=O) groups is 11. The van der Waals surface area contributed by atoms with Gasteiger partial charge in [0.25, 0.3) is 0 Å². The van der Waals surface area contributed by atoms with Crippen LogP contribution in [0, 0.1) is 5.92 Å². The number of hydrogen-bond donors (Lipinski definition) is 15. The van der Waals surface area contributed by atoms with Gasteiger partial charge in [-0.3, -0.25) is 57.7 Å². The number of phenolic OH excluding ortho intramolecular Hbond substituents is 1. The molecule has 28 nitrogen and oxygen atoms in total. The van der Waals surface area contributed by atoms with Gasteiger partial charge in [0.15, 0.2) is 5.96 Å². The fraction of sp³-hybridized carbons (Fsp3) is 0.475. The topological polar surface area (TPSA) is 446 Å². The van der Waals surface area contributed by atoms with Crippen LogP contribution in [-0.2, 0) is 72.0 Å². The van der Waals surface area contributed by atoms with Crippen molar-refractivity contribution >= 4 is 93.6 Å². The number of thioether (sulfide) groups is 1. The lowest BCUT2D eigenvalue weighted by atomic mass is 9.99. The number of aliphatic hydroxyl groups excluding tert-OH is 1. The summed E-state index contributed by atoms with van der Waals surface area (Å²) in [7, 11) is 0. The molecule has 4 aromatic rings. The molecule has 2 aliphatic rings. The Morgan fingerprint density at radius 3 is 1.86 bits per heavy atom. The van der Waals surface area contributed by atoms with E-state index < -0.39 is 127 Å². The number of aromatic amines is 1. The van der Waals surface area contributed by atoms with Crippen molar-refractivity contribution in [2.75, 3.05) is 38.2 Å². The molecule has 3 aromatic carbocycles. The Kier molecular flexibility index (Phi) is 26.8. The van der Waals surface area contributed by atoms with Crippen molar-refractivity contribution in [2.24, 2.45) is 28.1 Å². The van der Waals surface area contributed by atoms with Crippen LogP contribution in [0.2, 0.25) is 0 Å². The van der Waals surface area contributed by atoms with Gasteiger partial charge in [0.05, 0.1) is 13.2 Å². The van der Waals surface area contributed by atoms with Crippen LogP contribution >= 0.6 is 11.8 Å². The monoisotopic (exact) mass is 1270 g/mol. The number of aliphatic hydroxyl groups is 1. The molecule has 9 atom stereocenters. The normalized spacial score (nSPS) is 16.8. The Hall–Kier alpha value is -9.25. The Morgan fingerprint density at radius 1 is 0.667 bits per heavy atom. The highest BCUT2D eigenvalue weighted by molar-refractivity contribution is 7.98. The molecule has 90 heavy (non-hydrogen) atoms. The second kappa shape index (κ2) is 34.5. The van der Waals surface area contributed by atoms with Crippen molar-refractivity contribution in [3.05, 3.63) is 102 Å². The molecule has 3 heterocycles. The van der Waals surface area contributed by atoms with Crippen LogP contribution in [0.5, 0.6) is 5.75 Å². The molecule has 0 radical (unpaired) electrons. The standard InChI is InChI=1S/C61H83N15O13S/c1-34(2)27-44(54(83)70-43(15-9-24-65-61(63)64)60(89)76-25-10-16-49(76)59(88)67-32-50(62)79)71-57(86)47(30-37-31-66-40-14-8-7-13-39(37)40)74-56(85)46(29-36-17-19-38(78)20-18-36)73-58(87)48(33-77)75-53(82)42(23-26-90-3)69-55(84)45(28-35-11-5-4-6-12-35)72-52(81)41-21-22-51(80)68-41/h4-8,11-14,17-20,31,34,41-49,66,77-78H,9-10,15-16,21-30,32-33H2,1-3H3,(H2,62,79)(H,67,88)(H,68,80)(H,69,84)(H,70,83)(H,71,86)(H,72,81)(H,73,87)(H,74,85)(H,75,82)(H4,63,64,65)/t41-,42-,43-,44-,45+,46-,47+,48-,49-/m0/s1. The summed E-state index contributed by atoms with van der Waals surface area (Å²) in [6.45, 7) is 2.40. The molecular weight excluding hydrogens is 1180 g/mol. The van der Waals surface area contributed by atoms with Gasteiger partial charge in [0.2, 0.25) is 65.0 Å². The summed E-state index contributed by atoms with van der Waals surface area (Å²) in [5, 5.41) is 45.5. The van der Waals surface area contributed by atoms with Crippen molar-refractivity contribution < 1.29 is 63.0 Å². The minimum absolute atomic E-state index is 0.000213. The van der Waals surface area contributed by atoms with E-state index in [4.69, 9.17) is 17.2 Å². The molecule has 0 aliphatic carbocycles. The maximum Gasteiger partial charge on any atom is 0.245 e. The van der Waals surface area contributed by atoms with E-state index in [9.17, 15) is 63.0 Å². The number of carbonyl (C=O) groups excluding carboxylic acids is 11. The Labute approximate surface area is 524 Å². The smallest absolute Gasteiger partial charge is 0.245 e. The molecule has 1 aromatic heterocycles. The number of fused-ring (bicyclic) bond motifs is 1. The largest absolute Gasteiger partial charge is 0.508 e. The van der Waals surface area contributed by atoms with E-state index in [2.05, 4.69) is 57.8 Å². The average Bonchev–Trinajstić information content (AvgIpc) is 2.08. The number of rotatable bonds is 34. The summed E-state index contributed by atoms with van der Waals surface area (Å²) in [4.78, 5) is 160. The molecule has 0 unspecified atom stereocenters. The maximum absolute atomic E-state index is 15.0. The number of benzene rings is 3. The van der Waals surface area contributed by atoms with E-state index in [-0.39, 0.29) is 101 Å². The lowest BCUT2D eigenvalue weighted by Crippen LogP contribution is -2.61. The number of aromatic nitrogens is 1. The van der Waals surface area contributed by atoms with Crippen LogP contribution in [0.25, 0.3) is 10.9 Å². The number of H-pyrrole nitrogens is 1. The Morgan fingerprint density at radius 2 is 1.23 bits per heavy atom. The number of primary amides is 1. The number of nitrogens with two attached hydrogens (primary N) is 3. The summed E-state index contributed by atoms with van der Waals surface area (Å²) in [5.74, 6) is -8.34. The molecule has 2 saturated heterocycles. The minimum atomic E-state index is -1.73. The van der Waals surface area contributed by atoms with E-state index in [0.717, 1.165) is 0 Å². The van der Waals surface area contributed by atoms with Gasteiger partial charge in [-0.25, -0.2) is 0 Å². The van der Waals surface area contributed by atoms with Crippen LogP contribution in [0.1, 0.15) is 81.9 Å². The Bertz CT molecular complexity index is 3200. The highest BCUT2D eigenvalue weighted by Crippen LogP contribution is 2.23. The zero-order valence-corrected chi connectivity index (χ0v) is 51.4. The molecule has 486 valence electrons. The second-order valence-electron chi connectivity index (χ2n) is 22.6. The number of likely N-dealkylation sites (tertiary alicyclic amines) is 1. The molecule has 6 rings (SSSR count). The van der Waals surface area contributed by atoms with E-state index in [0.29, 0.717) is 39.8 Å². The van der Waals surface area contributed by atoms with Crippen LogP contribution < -0.4 is 65.1 Å². The minimum Gasteiger partial charge on any atom is -0.508 e. The summed E-state index contributed by atoms with van der Waals surface area (Å²) < 4.78 is 0. The third-order valence-corrected chi connectivity index (χ3v) is 15.8. The number of guanidine groups is 1. The molecule has 0 saturated carbocycles. The predicted octanol–water partition coefficient (Wildman–Crippen LogP) is -1.99. The molecule has 2 aliphatic heterocycles. The first kappa shape index (κ1) is 69.8. The summed E-state index contributed by atoms with van der Waals surface area (Å²) >= 11 is 1.36. The van der Waals surface area contributed by atoms with Gasteiger partial charge in [0, 0.05) is 55.9 Å². The summed E-state index contributed by atoms with van der Waals surface area (Å²) in [6, 6.07) is 9.96. The quantitative estimate of drug-likeness (QED) is 0.0137. The van der Waals surface area contributed by atoms with E-state index in [1.807, 2.05) is 6.07 Å². The third kappa shape index (κ3) is 21.2. The number of phenols is 1. The van der Waals surface area contributed by atoms with Crippen molar-refractivity contribution in [3.63, 3.8) is 0 Å². The SMILES string of the molecule is CSCC[C@H](NC(=O)[C@@H](Cc1ccccc1)NC(=O)[C@@H]1CCC(=O)N1)C(=O)N[C@@H](CO)C(=O)N[C@@H](Cc1ccc(O)cc1)C(=O)N[C@H](Cc1c[nH]c2ccccc12)C(=O)N[C@@H](CC(C)C)C(=O)N[C@@H](CCCN=C(N)N)C(=O)N1CCC[C@H]1C(=O)NCC(N)=O. The van der Waals surface area contributed by atoms with Crippen molar-refractivity contribution in [1.82, 2.24) is 57.7 Å². The molecule has 18 N–H and O–H groups in total. The Balaban J connectivity index is 1.25. The number of aliphatic imine (C=N–C) groups is 1. The van der Waals surface area contributed by atoms with Crippen LogP contribution in [-0.4, -0.2) is 184 Å². The molecule has 0 spiro atoms. The van der Waals surface area contributed by atoms with Gasteiger partial charge in [-0.1, -0.05) is 74.5 Å². The van der Waals surface area contributed by atoms with Gasteiger partial charge >= 0.3 is 0 Å². The van der Waals surface area contributed by atoms with Crippen molar-refractivity contribution in [3.8, 4) is 5.75 Å². The molecule has 2 fully saturated rings. The van der Waals surface area contributed by atoms with E-state index >= 15 is 0 Å². The second-order valence-corrected chi connectivity index (χ2v) is 23.6. The summed E-state index contributed by atoms with van der Waals surface area (Å²) in [5.41, 5.74) is 18.8. The van der Waals surface area contributed by atoms with Crippen molar-refractivity contribution in [2.45, 2.75) is 139 Å². The van der Waals surface area contributed by atoms with E-state index in [1.165, 1.54) is 40.9 Å². The lowest BCUT2D eigenvalue weighted by molar-refractivity contribution is -0.142. The zero-order chi connectivity index (χ0) is 65.4. The number of nitrogens with zero attached hydrogens (tertiary/aromatic N) is 2. The number of aromatic hydroxyl groups is 1. The molecule has 29 heteroatoms. The fourth-order valence-corrected chi connectivity index (χ4v) is 11.0. The van der Waals surface area contributed by atoms with Gasteiger partial charge in [-0.2, -0.15) is 11.8 Å². The van der Waals surface area contributed by atoms with Crippen LogP contribution in [0.3, 0.4) is 0 Å². The number of para-hydroxylation sites is 1. The number of hydrogen-bond acceptors (Lipinski definition) is 15.